The molecule has 0 saturated carbocycles. The molecule has 1 spiro atoms. The van der Waals surface area contributed by atoms with Crippen LogP contribution < -0.4 is 14.8 Å². The summed E-state index contributed by atoms with van der Waals surface area (Å²) in [6.07, 6.45) is 1.85. The van der Waals surface area contributed by atoms with E-state index in [4.69, 9.17) is 30.5 Å². The predicted molar refractivity (Wildman–Crippen MR) is 98.1 cm³/mol. The van der Waals surface area contributed by atoms with Crippen LogP contribution in [0.5, 0.6) is 11.5 Å². The van der Waals surface area contributed by atoms with Gasteiger partial charge in [0.2, 0.25) is 5.91 Å². The van der Waals surface area contributed by atoms with Crippen LogP contribution in [0.2, 0.25) is 5.02 Å². The van der Waals surface area contributed by atoms with Gasteiger partial charge in [0.15, 0.2) is 5.79 Å². The van der Waals surface area contributed by atoms with Crippen molar-refractivity contribution in [3.8, 4) is 11.5 Å². The van der Waals surface area contributed by atoms with E-state index in [2.05, 4.69) is 5.32 Å². The van der Waals surface area contributed by atoms with E-state index in [0.717, 1.165) is 18.5 Å². The van der Waals surface area contributed by atoms with Crippen molar-refractivity contribution in [1.29, 1.82) is 0 Å². The third-order valence-electron chi connectivity index (χ3n) is 4.82. The Labute approximate surface area is 158 Å². The van der Waals surface area contributed by atoms with Crippen LogP contribution in [0.25, 0.3) is 0 Å². The maximum Gasteiger partial charge on any atom is 0.224 e. The van der Waals surface area contributed by atoms with Gasteiger partial charge in [-0.2, -0.15) is 0 Å². The highest BCUT2D eigenvalue weighted by atomic mass is 35.5. The first-order valence-corrected chi connectivity index (χ1v) is 9.16. The van der Waals surface area contributed by atoms with Crippen molar-refractivity contribution in [2.75, 3.05) is 52.4 Å². The first-order valence-electron chi connectivity index (χ1n) is 8.78. The summed E-state index contributed by atoms with van der Waals surface area (Å²) in [6.45, 7) is 3.11. The van der Waals surface area contributed by atoms with Crippen LogP contribution in [0.1, 0.15) is 19.3 Å². The van der Waals surface area contributed by atoms with Crippen molar-refractivity contribution in [3.63, 3.8) is 0 Å². The Morgan fingerprint density at radius 3 is 2.46 bits per heavy atom. The Morgan fingerprint density at radius 2 is 1.85 bits per heavy atom. The molecule has 2 fully saturated rings. The lowest BCUT2D eigenvalue weighted by atomic mass is 10.0. The number of likely N-dealkylation sites (tertiary alicyclic amines) is 1. The van der Waals surface area contributed by atoms with E-state index < -0.39 is 5.79 Å². The molecule has 1 amide bonds. The van der Waals surface area contributed by atoms with Crippen LogP contribution in [-0.2, 0) is 14.3 Å². The second kappa shape index (κ2) is 8.33. The molecule has 3 rings (SSSR count). The minimum Gasteiger partial charge on any atom is -0.495 e. The van der Waals surface area contributed by atoms with Gasteiger partial charge in [0.25, 0.3) is 0 Å². The summed E-state index contributed by atoms with van der Waals surface area (Å²) in [5, 5.41) is 3.70. The predicted octanol–water partition coefficient (Wildman–Crippen LogP) is 2.52. The van der Waals surface area contributed by atoms with Gasteiger partial charge in [0.1, 0.15) is 11.5 Å². The Hall–Kier alpha value is -1.70. The third-order valence-corrected chi connectivity index (χ3v) is 5.12. The Bertz CT molecular complexity index is 639. The van der Waals surface area contributed by atoms with E-state index in [1.165, 1.54) is 0 Å². The smallest absolute Gasteiger partial charge is 0.224 e. The first kappa shape index (κ1) is 19.1. The molecule has 7 nitrogen and oxygen atoms in total. The molecule has 8 heteroatoms. The summed E-state index contributed by atoms with van der Waals surface area (Å²) < 4.78 is 21.9. The number of halogens is 1. The van der Waals surface area contributed by atoms with Gasteiger partial charge in [-0.15, -0.1) is 0 Å². The number of carbonyl (C=O) groups is 1. The highest BCUT2D eigenvalue weighted by molar-refractivity contribution is 6.32. The number of carbonyl (C=O) groups excluding carboxylic acids is 1. The number of hydrogen-bond donors (Lipinski definition) is 1. The summed E-state index contributed by atoms with van der Waals surface area (Å²) >= 11 is 6.10. The largest absolute Gasteiger partial charge is 0.495 e. The molecule has 0 radical (unpaired) electrons. The maximum absolute atomic E-state index is 12.5. The number of methoxy groups -OCH3 is 2. The summed E-state index contributed by atoms with van der Waals surface area (Å²) in [7, 11) is 3.13. The van der Waals surface area contributed by atoms with Crippen molar-refractivity contribution in [1.82, 2.24) is 4.90 Å². The third kappa shape index (κ3) is 4.16. The highest BCUT2D eigenvalue weighted by Gasteiger charge is 2.40. The number of nitrogens with one attached hydrogen (secondary N) is 1. The Morgan fingerprint density at radius 1 is 1.19 bits per heavy atom. The molecule has 26 heavy (non-hydrogen) atoms. The molecule has 0 atom stereocenters. The fourth-order valence-corrected chi connectivity index (χ4v) is 3.57. The topological polar surface area (TPSA) is 69.3 Å². The molecule has 2 saturated heterocycles. The number of nitrogens with zero attached hydrogens (tertiary/aromatic N) is 1. The number of ether oxygens (including phenoxy) is 4. The lowest BCUT2D eigenvalue weighted by Crippen LogP contribution is -2.47. The van der Waals surface area contributed by atoms with Crippen molar-refractivity contribution in [3.05, 3.63) is 17.2 Å². The number of amides is 1. The van der Waals surface area contributed by atoms with Crippen LogP contribution in [0.15, 0.2) is 12.1 Å². The molecule has 1 N–H and O–H groups in total. The van der Waals surface area contributed by atoms with Gasteiger partial charge in [-0.05, 0) is 0 Å². The van der Waals surface area contributed by atoms with Gasteiger partial charge < -0.3 is 29.2 Å². The fourth-order valence-electron chi connectivity index (χ4n) is 3.34. The molecule has 1 aromatic carbocycles. The van der Waals surface area contributed by atoms with Crippen molar-refractivity contribution in [2.24, 2.45) is 0 Å². The molecule has 2 aliphatic rings. The molecule has 0 aliphatic carbocycles. The van der Waals surface area contributed by atoms with Crippen LogP contribution in [-0.4, -0.2) is 63.7 Å². The molecule has 2 aliphatic heterocycles. The van der Waals surface area contributed by atoms with Crippen LogP contribution in [0.3, 0.4) is 0 Å². The summed E-state index contributed by atoms with van der Waals surface area (Å²) in [5.41, 5.74) is 0.743. The average Bonchev–Trinajstić information content (AvgIpc) is 3.11. The van der Waals surface area contributed by atoms with E-state index in [-0.39, 0.29) is 5.91 Å². The Balaban J connectivity index is 1.50. The fraction of sp³-hybridized carbons (Fsp3) is 0.611. The van der Waals surface area contributed by atoms with Gasteiger partial charge in [-0.1, -0.05) is 11.6 Å². The number of benzene rings is 1. The van der Waals surface area contributed by atoms with Crippen LogP contribution in [0.4, 0.5) is 5.69 Å². The molecular formula is C18H25ClN2O5. The second-order valence-electron chi connectivity index (χ2n) is 6.35. The zero-order valence-electron chi connectivity index (χ0n) is 15.2. The van der Waals surface area contributed by atoms with Crippen molar-refractivity contribution < 1.29 is 23.7 Å². The number of anilines is 1. The SMILES string of the molecule is COc1cc(NCCC(=O)N2CCC3(CC2)OCCO3)c(OC)cc1Cl. The highest BCUT2D eigenvalue weighted by Crippen LogP contribution is 2.36. The second-order valence-corrected chi connectivity index (χ2v) is 6.76. The summed E-state index contributed by atoms with van der Waals surface area (Å²) in [5.74, 6) is 0.825. The zero-order valence-corrected chi connectivity index (χ0v) is 15.9. The Kier molecular flexibility index (Phi) is 6.11. The molecule has 0 bridgehead atoms. The van der Waals surface area contributed by atoms with Crippen molar-refractivity contribution >= 4 is 23.2 Å². The maximum atomic E-state index is 12.5. The van der Waals surface area contributed by atoms with E-state index in [0.29, 0.717) is 55.8 Å². The van der Waals surface area contributed by atoms with E-state index in [1.54, 1.807) is 26.4 Å². The number of rotatable bonds is 6. The molecule has 2 heterocycles. The van der Waals surface area contributed by atoms with Gasteiger partial charge in [0.05, 0.1) is 38.1 Å². The summed E-state index contributed by atoms with van der Waals surface area (Å²) in [4.78, 5) is 14.3. The molecular weight excluding hydrogens is 360 g/mol. The van der Waals surface area contributed by atoms with E-state index in [1.807, 2.05) is 4.90 Å². The quantitative estimate of drug-likeness (QED) is 0.812. The molecule has 0 aromatic heterocycles. The van der Waals surface area contributed by atoms with Crippen LogP contribution in [0, 0.1) is 0 Å². The number of hydrogen-bond acceptors (Lipinski definition) is 6. The minimum absolute atomic E-state index is 0.116. The van der Waals surface area contributed by atoms with E-state index >= 15 is 0 Å². The van der Waals surface area contributed by atoms with Gasteiger partial charge >= 0.3 is 0 Å². The van der Waals surface area contributed by atoms with E-state index in [9.17, 15) is 4.79 Å². The van der Waals surface area contributed by atoms with Gasteiger partial charge in [0, 0.05) is 51.0 Å². The normalized spacial score (nSPS) is 18.8. The molecule has 144 valence electrons. The van der Waals surface area contributed by atoms with Crippen LogP contribution >= 0.6 is 11.6 Å². The average molecular weight is 385 g/mol. The lowest BCUT2D eigenvalue weighted by Gasteiger charge is -2.37. The molecule has 1 aromatic rings. The van der Waals surface area contributed by atoms with Crippen molar-refractivity contribution in [2.45, 2.75) is 25.0 Å². The van der Waals surface area contributed by atoms with Gasteiger partial charge in [-0.3, -0.25) is 4.79 Å². The first-order chi connectivity index (χ1) is 12.6. The number of piperidine rings is 1. The zero-order chi connectivity index (χ0) is 18.6. The monoisotopic (exact) mass is 384 g/mol. The standard InChI is InChI=1S/C18H25ClN2O5/c1-23-15-12-14(16(24-2)11-13(15)19)20-6-3-17(22)21-7-4-18(5-8-21)25-9-10-26-18/h11-12,20H,3-10H2,1-2H3. The van der Waals surface area contributed by atoms with Gasteiger partial charge in [-0.25, -0.2) is 0 Å². The lowest BCUT2D eigenvalue weighted by molar-refractivity contribution is -0.187. The minimum atomic E-state index is -0.456. The summed E-state index contributed by atoms with van der Waals surface area (Å²) in [6, 6.07) is 3.46. The molecule has 0 unspecified atom stereocenters.